The summed E-state index contributed by atoms with van der Waals surface area (Å²) in [5.74, 6) is 0.376. The molecule has 3 rings (SSSR count). The number of H-pyrrole nitrogens is 1. The number of ether oxygens (including phenoxy) is 1. The molecule has 8 heteroatoms. The first-order chi connectivity index (χ1) is 10.4. The van der Waals surface area contributed by atoms with Gasteiger partial charge in [-0.05, 0) is 19.4 Å². The minimum atomic E-state index is -4.39. The number of nitrogens with one attached hydrogen (secondary N) is 1. The lowest BCUT2D eigenvalue weighted by Crippen LogP contribution is -2.54. The number of nitrogens with zero attached hydrogens (tertiary/aromatic N) is 2. The molecule has 0 spiro atoms. The summed E-state index contributed by atoms with van der Waals surface area (Å²) in [7, 11) is 0. The fourth-order valence-electron chi connectivity index (χ4n) is 3.21. The van der Waals surface area contributed by atoms with Crippen molar-refractivity contribution >= 4 is 0 Å². The molecule has 0 aromatic carbocycles. The molecule has 0 saturated carbocycles. The van der Waals surface area contributed by atoms with Gasteiger partial charge < -0.3 is 19.7 Å². The van der Waals surface area contributed by atoms with Crippen molar-refractivity contribution in [1.29, 1.82) is 0 Å². The molecule has 2 saturated heterocycles. The van der Waals surface area contributed by atoms with E-state index in [0.29, 0.717) is 32.1 Å². The van der Waals surface area contributed by atoms with E-state index in [-0.39, 0.29) is 17.9 Å². The van der Waals surface area contributed by atoms with E-state index < -0.39 is 11.9 Å². The monoisotopic (exact) mass is 319 g/mol. The molecule has 1 aromatic rings. The molecule has 0 amide bonds. The molecule has 0 aliphatic carbocycles. The Hall–Kier alpha value is -1.12. The van der Waals surface area contributed by atoms with E-state index in [1.807, 2.05) is 0 Å². The van der Waals surface area contributed by atoms with Gasteiger partial charge in [-0.3, -0.25) is 0 Å². The van der Waals surface area contributed by atoms with Gasteiger partial charge in [-0.25, -0.2) is 4.98 Å². The molecule has 3 heterocycles. The van der Waals surface area contributed by atoms with Crippen LogP contribution in [0.3, 0.4) is 0 Å². The van der Waals surface area contributed by atoms with Gasteiger partial charge >= 0.3 is 6.18 Å². The molecule has 5 nitrogen and oxygen atoms in total. The van der Waals surface area contributed by atoms with E-state index in [1.165, 1.54) is 0 Å². The Morgan fingerprint density at radius 2 is 2.23 bits per heavy atom. The summed E-state index contributed by atoms with van der Waals surface area (Å²) < 4.78 is 43.1. The Morgan fingerprint density at radius 3 is 2.77 bits per heavy atom. The number of likely N-dealkylation sites (tertiary alicyclic amines) is 1. The molecule has 0 bridgehead atoms. The maximum atomic E-state index is 12.6. The average Bonchev–Trinajstić information content (AvgIpc) is 2.93. The van der Waals surface area contributed by atoms with E-state index in [1.54, 1.807) is 0 Å². The van der Waals surface area contributed by atoms with Crippen LogP contribution in [0, 0.1) is 5.41 Å². The number of halogens is 3. The maximum Gasteiger partial charge on any atom is 0.432 e. The normalized spacial score (nSPS) is 25.9. The Morgan fingerprint density at radius 1 is 1.45 bits per heavy atom. The van der Waals surface area contributed by atoms with Gasteiger partial charge in [0, 0.05) is 19.0 Å². The summed E-state index contributed by atoms with van der Waals surface area (Å²) in [6.45, 7) is 3.44. The Kier molecular flexibility index (Phi) is 4.17. The maximum absolute atomic E-state index is 12.6. The van der Waals surface area contributed by atoms with Crippen molar-refractivity contribution in [3.63, 3.8) is 0 Å². The Balaban J connectivity index is 1.64. The van der Waals surface area contributed by atoms with Gasteiger partial charge in [0.1, 0.15) is 11.5 Å². The summed E-state index contributed by atoms with van der Waals surface area (Å²) in [5.41, 5.74) is -0.999. The summed E-state index contributed by atoms with van der Waals surface area (Å²) in [4.78, 5) is 8.52. The van der Waals surface area contributed by atoms with Crippen LogP contribution in [-0.2, 0) is 10.9 Å². The van der Waals surface area contributed by atoms with Gasteiger partial charge in [0.05, 0.1) is 31.4 Å². The number of piperidine rings is 1. The molecule has 1 atom stereocenters. The fraction of sp³-hybridized carbons (Fsp3) is 0.786. The molecule has 22 heavy (non-hydrogen) atoms. The van der Waals surface area contributed by atoms with Crippen molar-refractivity contribution < 1.29 is 23.0 Å². The van der Waals surface area contributed by atoms with Gasteiger partial charge in [-0.2, -0.15) is 13.2 Å². The molecule has 2 fully saturated rings. The molecule has 2 N–H and O–H groups in total. The first kappa shape index (κ1) is 15.8. The van der Waals surface area contributed by atoms with Crippen LogP contribution in [0.1, 0.15) is 30.3 Å². The highest BCUT2D eigenvalue weighted by molar-refractivity contribution is 5.10. The standard InChI is InChI=1S/C14H20F3N3O2/c15-14(16,17)11-4-18-12(19-11)10-2-1-3-20(5-10)6-13(7-21)8-22-9-13/h4,10,21H,1-3,5-9H2,(H,18,19)/t10-/m0/s1. The summed E-state index contributed by atoms with van der Waals surface area (Å²) >= 11 is 0. The van der Waals surface area contributed by atoms with Crippen molar-refractivity contribution in [2.45, 2.75) is 24.9 Å². The van der Waals surface area contributed by atoms with E-state index in [4.69, 9.17) is 4.74 Å². The van der Waals surface area contributed by atoms with Gasteiger partial charge in [-0.15, -0.1) is 0 Å². The van der Waals surface area contributed by atoms with E-state index in [9.17, 15) is 18.3 Å². The van der Waals surface area contributed by atoms with Crippen LogP contribution >= 0.6 is 0 Å². The lowest BCUT2D eigenvalue weighted by molar-refractivity contribution is -0.150. The summed E-state index contributed by atoms with van der Waals surface area (Å²) in [6.07, 6.45) is -1.79. The second-order valence-corrected chi connectivity index (χ2v) is 6.41. The lowest BCUT2D eigenvalue weighted by Gasteiger charge is -2.45. The van der Waals surface area contributed by atoms with Gasteiger partial charge in [0.15, 0.2) is 0 Å². The highest BCUT2D eigenvalue weighted by Crippen LogP contribution is 2.33. The molecule has 124 valence electrons. The molecular formula is C14H20F3N3O2. The van der Waals surface area contributed by atoms with E-state index in [0.717, 1.165) is 25.6 Å². The third kappa shape index (κ3) is 3.13. The Bertz CT molecular complexity index is 508. The number of hydrogen-bond donors (Lipinski definition) is 2. The molecule has 2 aliphatic heterocycles. The predicted molar refractivity (Wildman–Crippen MR) is 72.3 cm³/mol. The topological polar surface area (TPSA) is 61.4 Å². The number of aromatic nitrogens is 2. The minimum absolute atomic E-state index is 0.0263. The van der Waals surface area contributed by atoms with Crippen molar-refractivity contribution in [1.82, 2.24) is 14.9 Å². The van der Waals surface area contributed by atoms with Crippen molar-refractivity contribution in [3.8, 4) is 0 Å². The molecule has 1 aromatic heterocycles. The smallest absolute Gasteiger partial charge is 0.396 e. The molecule has 2 aliphatic rings. The third-order valence-corrected chi connectivity index (χ3v) is 4.50. The van der Waals surface area contributed by atoms with Crippen LogP contribution in [-0.4, -0.2) is 59.4 Å². The number of alkyl halides is 3. The van der Waals surface area contributed by atoms with Crippen LogP contribution in [0.5, 0.6) is 0 Å². The van der Waals surface area contributed by atoms with Crippen LogP contribution < -0.4 is 0 Å². The SMILES string of the molecule is OCC1(CN2CCC[C@H](c3ncc(C(F)(F)F)[nH]3)C2)COC1. The van der Waals surface area contributed by atoms with Crippen LogP contribution in [0.15, 0.2) is 6.20 Å². The zero-order valence-corrected chi connectivity index (χ0v) is 12.2. The van der Waals surface area contributed by atoms with Crippen molar-refractivity contribution in [3.05, 3.63) is 17.7 Å². The number of rotatable bonds is 4. The van der Waals surface area contributed by atoms with Crippen molar-refractivity contribution in [2.75, 3.05) is 39.5 Å². The predicted octanol–water partition coefficient (Wildman–Crippen LogP) is 1.62. The summed E-state index contributed by atoms with van der Waals surface area (Å²) in [6, 6.07) is 0. The largest absolute Gasteiger partial charge is 0.432 e. The zero-order valence-electron chi connectivity index (χ0n) is 12.2. The number of aromatic amines is 1. The number of imidazole rings is 1. The second kappa shape index (κ2) is 5.82. The van der Waals surface area contributed by atoms with E-state index >= 15 is 0 Å². The van der Waals surface area contributed by atoms with Gasteiger partial charge in [-0.1, -0.05) is 0 Å². The first-order valence-corrected chi connectivity index (χ1v) is 7.45. The fourth-order valence-corrected chi connectivity index (χ4v) is 3.21. The second-order valence-electron chi connectivity index (χ2n) is 6.41. The zero-order chi connectivity index (χ0) is 15.8. The molecule has 0 unspecified atom stereocenters. The van der Waals surface area contributed by atoms with Gasteiger partial charge in [0.2, 0.25) is 0 Å². The number of aliphatic hydroxyl groups is 1. The third-order valence-electron chi connectivity index (χ3n) is 4.50. The highest BCUT2D eigenvalue weighted by atomic mass is 19.4. The molecular weight excluding hydrogens is 299 g/mol. The van der Waals surface area contributed by atoms with Gasteiger partial charge in [0.25, 0.3) is 0 Å². The minimum Gasteiger partial charge on any atom is -0.396 e. The lowest BCUT2D eigenvalue weighted by atomic mass is 9.85. The van der Waals surface area contributed by atoms with Crippen LogP contribution in [0.4, 0.5) is 13.2 Å². The number of hydrogen-bond acceptors (Lipinski definition) is 4. The quantitative estimate of drug-likeness (QED) is 0.885. The average molecular weight is 319 g/mol. The van der Waals surface area contributed by atoms with Crippen molar-refractivity contribution in [2.24, 2.45) is 5.41 Å². The first-order valence-electron chi connectivity index (χ1n) is 7.45. The van der Waals surface area contributed by atoms with Crippen LogP contribution in [0.2, 0.25) is 0 Å². The molecule has 0 radical (unpaired) electrons. The number of aliphatic hydroxyl groups excluding tert-OH is 1. The van der Waals surface area contributed by atoms with E-state index in [2.05, 4.69) is 14.9 Å². The highest BCUT2D eigenvalue weighted by Gasteiger charge is 2.41. The summed E-state index contributed by atoms with van der Waals surface area (Å²) in [5, 5.41) is 9.49. The van der Waals surface area contributed by atoms with Crippen LogP contribution in [0.25, 0.3) is 0 Å². The Labute approximate surface area is 126 Å².